The first-order valence-electron chi connectivity index (χ1n) is 7.55. The van der Waals surface area contributed by atoms with Gasteiger partial charge >= 0.3 is 0 Å². The van der Waals surface area contributed by atoms with Gasteiger partial charge in [0.05, 0.1) is 5.39 Å². The van der Waals surface area contributed by atoms with Crippen molar-refractivity contribution in [3.05, 3.63) is 18.6 Å². The number of carbonyl (C=O) groups is 1. The number of aldehydes is 1. The van der Waals surface area contributed by atoms with Gasteiger partial charge in [0.25, 0.3) is 0 Å². The Morgan fingerprint density at radius 3 is 3.00 bits per heavy atom. The van der Waals surface area contributed by atoms with E-state index in [-0.39, 0.29) is 5.54 Å². The van der Waals surface area contributed by atoms with Crippen LogP contribution in [-0.4, -0.2) is 64.6 Å². The Labute approximate surface area is 128 Å². The Bertz CT molecular complexity index is 696. The highest BCUT2D eigenvalue weighted by Gasteiger charge is 2.53. The molecule has 0 aromatic carbocycles. The SMILES string of the molecule is COC(C=O)N1CCN(c2ncnc3[nH]ccc23)CC12CC2. The molecule has 0 radical (unpaired) electrons. The minimum atomic E-state index is -0.442. The maximum atomic E-state index is 11.2. The summed E-state index contributed by atoms with van der Waals surface area (Å²) in [6, 6.07) is 2.01. The third kappa shape index (κ3) is 2.00. The summed E-state index contributed by atoms with van der Waals surface area (Å²) in [6.07, 6.45) is 6.13. The summed E-state index contributed by atoms with van der Waals surface area (Å²) in [5.41, 5.74) is 0.910. The van der Waals surface area contributed by atoms with Crippen LogP contribution in [-0.2, 0) is 9.53 Å². The number of piperazine rings is 1. The number of carbonyl (C=O) groups excluding carboxylic acids is 1. The third-order valence-electron chi connectivity index (χ3n) is 4.83. The molecule has 2 aromatic heterocycles. The van der Waals surface area contributed by atoms with Gasteiger partial charge in [0.2, 0.25) is 0 Å². The molecule has 1 saturated heterocycles. The summed E-state index contributed by atoms with van der Waals surface area (Å²) >= 11 is 0. The lowest BCUT2D eigenvalue weighted by atomic mass is 10.1. The molecule has 1 saturated carbocycles. The van der Waals surface area contributed by atoms with Crippen molar-refractivity contribution in [3.8, 4) is 0 Å². The lowest BCUT2D eigenvalue weighted by molar-refractivity contribution is -0.132. The predicted molar refractivity (Wildman–Crippen MR) is 81.6 cm³/mol. The number of nitrogens with one attached hydrogen (secondary N) is 1. The van der Waals surface area contributed by atoms with Crippen LogP contribution in [0.5, 0.6) is 0 Å². The Hall–Kier alpha value is -1.99. The van der Waals surface area contributed by atoms with Gasteiger partial charge in [0.1, 0.15) is 17.8 Å². The smallest absolute Gasteiger partial charge is 0.167 e. The van der Waals surface area contributed by atoms with Gasteiger partial charge in [0, 0.05) is 38.5 Å². The minimum Gasteiger partial charge on any atom is -0.359 e. The van der Waals surface area contributed by atoms with Crippen LogP contribution < -0.4 is 4.90 Å². The third-order valence-corrected chi connectivity index (χ3v) is 4.83. The zero-order valence-electron chi connectivity index (χ0n) is 12.5. The molecule has 1 unspecified atom stereocenters. The van der Waals surface area contributed by atoms with Gasteiger partial charge < -0.3 is 14.6 Å². The molecule has 116 valence electrons. The van der Waals surface area contributed by atoms with Crippen molar-refractivity contribution >= 4 is 23.1 Å². The predicted octanol–water partition coefficient (Wildman–Crippen LogP) is 0.784. The van der Waals surface area contributed by atoms with E-state index in [1.807, 2.05) is 12.3 Å². The van der Waals surface area contributed by atoms with Crippen molar-refractivity contribution in [3.63, 3.8) is 0 Å². The van der Waals surface area contributed by atoms with Gasteiger partial charge in [-0.1, -0.05) is 0 Å². The van der Waals surface area contributed by atoms with E-state index in [0.29, 0.717) is 0 Å². The largest absolute Gasteiger partial charge is 0.359 e. The van der Waals surface area contributed by atoms with Crippen molar-refractivity contribution in [2.24, 2.45) is 0 Å². The maximum absolute atomic E-state index is 11.2. The van der Waals surface area contributed by atoms with Crippen LogP contribution in [0.2, 0.25) is 0 Å². The molecule has 0 amide bonds. The van der Waals surface area contributed by atoms with E-state index in [2.05, 4.69) is 24.8 Å². The summed E-state index contributed by atoms with van der Waals surface area (Å²) in [6.45, 7) is 2.50. The zero-order chi connectivity index (χ0) is 15.2. The van der Waals surface area contributed by atoms with Crippen molar-refractivity contribution in [2.45, 2.75) is 24.6 Å². The molecule has 2 aromatic rings. The molecular formula is C15H19N5O2. The average molecular weight is 301 g/mol. The molecule has 0 bridgehead atoms. The number of aromatic amines is 1. The number of ether oxygens (including phenoxy) is 1. The second kappa shape index (κ2) is 5.03. The number of anilines is 1. The summed E-state index contributed by atoms with van der Waals surface area (Å²) in [5.74, 6) is 0.970. The Morgan fingerprint density at radius 1 is 1.41 bits per heavy atom. The first kappa shape index (κ1) is 13.7. The van der Waals surface area contributed by atoms with Gasteiger partial charge in [-0.3, -0.25) is 9.69 Å². The highest BCUT2D eigenvalue weighted by Crippen LogP contribution is 2.46. The second-order valence-electron chi connectivity index (χ2n) is 6.04. The number of rotatable bonds is 4. The van der Waals surface area contributed by atoms with Gasteiger partial charge in [-0.2, -0.15) is 0 Å². The highest BCUT2D eigenvalue weighted by molar-refractivity contribution is 5.87. The Kier molecular flexibility index (Phi) is 3.12. The van der Waals surface area contributed by atoms with Gasteiger partial charge in [0.15, 0.2) is 12.5 Å². The first-order chi connectivity index (χ1) is 10.8. The molecule has 1 spiro atoms. The normalized spacial score (nSPS) is 22.1. The van der Waals surface area contributed by atoms with Crippen molar-refractivity contribution in [2.75, 3.05) is 31.6 Å². The fourth-order valence-corrected chi connectivity index (χ4v) is 3.53. The van der Waals surface area contributed by atoms with Gasteiger partial charge in [-0.25, -0.2) is 9.97 Å². The van der Waals surface area contributed by atoms with E-state index in [9.17, 15) is 4.79 Å². The van der Waals surface area contributed by atoms with Gasteiger partial charge in [-0.05, 0) is 18.9 Å². The van der Waals surface area contributed by atoms with Crippen LogP contribution in [0.4, 0.5) is 5.82 Å². The number of hydrogen-bond donors (Lipinski definition) is 1. The summed E-state index contributed by atoms with van der Waals surface area (Å²) in [4.78, 5) is 27.6. The van der Waals surface area contributed by atoms with E-state index in [0.717, 1.165) is 55.6 Å². The molecule has 22 heavy (non-hydrogen) atoms. The molecule has 7 nitrogen and oxygen atoms in total. The fraction of sp³-hybridized carbons (Fsp3) is 0.533. The van der Waals surface area contributed by atoms with E-state index in [1.165, 1.54) is 0 Å². The topological polar surface area (TPSA) is 74.3 Å². The number of fused-ring (bicyclic) bond motifs is 1. The summed E-state index contributed by atoms with van der Waals surface area (Å²) < 4.78 is 5.32. The van der Waals surface area contributed by atoms with Crippen LogP contribution in [0.1, 0.15) is 12.8 Å². The molecular weight excluding hydrogens is 282 g/mol. The second-order valence-corrected chi connectivity index (χ2v) is 6.04. The van der Waals surface area contributed by atoms with Crippen molar-refractivity contribution < 1.29 is 9.53 Å². The minimum absolute atomic E-state index is 0.0490. The maximum Gasteiger partial charge on any atom is 0.167 e. The fourth-order valence-electron chi connectivity index (χ4n) is 3.53. The average Bonchev–Trinajstić information content (AvgIpc) is 3.13. The number of H-pyrrole nitrogens is 1. The van der Waals surface area contributed by atoms with Crippen LogP contribution in [0.3, 0.4) is 0 Å². The number of methoxy groups -OCH3 is 1. The number of aromatic nitrogens is 3. The molecule has 3 heterocycles. The highest BCUT2D eigenvalue weighted by atomic mass is 16.5. The lowest BCUT2D eigenvalue weighted by Crippen LogP contribution is -2.59. The quantitative estimate of drug-likeness (QED) is 0.841. The van der Waals surface area contributed by atoms with Gasteiger partial charge in [-0.15, -0.1) is 0 Å². The Balaban J connectivity index is 1.62. The van der Waals surface area contributed by atoms with E-state index in [4.69, 9.17) is 4.74 Å². The first-order valence-corrected chi connectivity index (χ1v) is 7.55. The van der Waals surface area contributed by atoms with Crippen molar-refractivity contribution in [1.82, 2.24) is 19.9 Å². The van der Waals surface area contributed by atoms with Crippen LogP contribution in [0.15, 0.2) is 18.6 Å². The molecule has 1 aliphatic carbocycles. The number of hydrogen-bond acceptors (Lipinski definition) is 6. The van der Waals surface area contributed by atoms with E-state index < -0.39 is 6.23 Å². The molecule has 2 aliphatic rings. The van der Waals surface area contributed by atoms with Crippen LogP contribution >= 0.6 is 0 Å². The standard InChI is InChI=1S/C15H19N5O2/c1-22-12(8-21)20-7-6-19(9-15(20)3-4-15)14-11-2-5-16-13(11)17-10-18-14/h2,5,8,10,12H,3-4,6-7,9H2,1H3,(H,16,17,18). The number of nitrogens with zero attached hydrogens (tertiary/aromatic N) is 4. The molecule has 4 rings (SSSR count). The molecule has 2 fully saturated rings. The zero-order valence-corrected chi connectivity index (χ0v) is 12.5. The van der Waals surface area contributed by atoms with Crippen LogP contribution in [0, 0.1) is 0 Å². The summed E-state index contributed by atoms with van der Waals surface area (Å²) in [5, 5.41) is 1.05. The van der Waals surface area contributed by atoms with Crippen molar-refractivity contribution in [1.29, 1.82) is 0 Å². The lowest BCUT2D eigenvalue weighted by Gasteiger charge is -2.44. The monoisotopic (exact) mass is 301 g/mol. The van der Waals surface area contributed by atoms with E-state index >= 15 is 0 Å². The summed E-state index contributed by atoms with van der Waals surface area (Å²) in [7, 11) is 1.59. The van der Waals surface area contributed by atoms with E-state index in [1.54, 1.807) is 13.4 Å². The molecule has 7 heteroatoms. The van der Waals surface area contributed by atoms with Crippen LogP contribution in [0.25, 0.3) is 11.0 Å². The molecule has 1 aliphatic heterocycles. The molecule has 1 N–H and O–H groups in total. The molecule has 1 atom stereocenters. The Morgan fingerprint density at radius 2 is 2.27 bits per heavy atom.